The number of hydrogen-bond acceptors (Lipinski definition) is 4. The fraction of sp³-hybridized carbons (Fsp3) is 0.450. The zero-order valence-corrected chi connectivity index (χ0v) is 56.0. The van der Waals surface area contributed by atoms with Gasteiger partial charge in [-0.2, -0.15) is 0 Å². The van der Waals surface area contributed by atoms with E-state index >= 15 is 0 Å². The number of fused-ring (bicyclic) bond motifs is 11. The van der Waals surface area contributed by atoms with Gasteiger partial charge in [0.2, 0.25) is 7.28 Å². The van der Waals surface area contributed by atoms with Crippen molar-refractivity contribution in [1.29, 1.82) is 0 Å². The van der Waals surface area contributed by atoms with Crippen LogP contribution < -0.4 is 20.5 Å². The molecule has 7 aromatic carbocycles. The van der Waals surface area contributed by atoms with Crippen LogP contribution >= 0.6 is 11.3 Å². The highest BCUT2D eigenvalue weighted by molar-refractivity contribution is 7.29. The molecule has 3 heterocycles. The van der Waals surface area contributed by atoms with E-state index in [2.05, 4.69) is 247 Å². The third-order valence-corrected chi connectivity index (χ3v) is 24.0. The normalized spacial score (nSPS) is 20.4. The van der Waals surface area contributed by atoms with E-state index in [0.29, 0.717) is 0 Å². The lowest BCUT2D eigenvalue weighted by Crippen LogP contribution is -2.40. The maximum Gasteiger partial charge on any atom is 0.211 e. The molecule has 0 saturated carbocycles. The quantitative estimate of drug-likeness (QED) is 0.174. The van der Waals surface area contributed by atoms with Gasteiger partial charge in [-0.25, -0.2) is 0 Å². The van der Waals surface area contributed by atoms with Crippen molar-refractivity contribution in [3.05, 3.63) is 158 Å². The fourth-order valence-electron chi connectivity index (χ4n) is 17.0. The third-order valence-electron chi connectivity index (χ3n) is 22.9. The van der Waals surface area contributed by atoms with Crippen LogP contribution in [0.2, 0.25) is 0 Å². The Balaban J connectivity index is 1.10. The molecule has 5 aliphatic rings. The van der Waals surface area contributed by atoms with Gasteiger partial charge in [-0.3, -0.25) is 0 Å². The van der Waals surface area contributed by atoms with E-state index < -0.39 is 0 Å². The molecule has 1 N–H and O–H groups in total. The van der Waals surface area contributed by atoms with Gasteiger partial charge in [0.1, 0.15) is 11.2 Å². The van der Waals surface area contributed by atoms with Crippen LogP contribution in [0.25, 0.3) is 54.3 Å². The Bertz CT molecular complexity index is 4350. The molecule has 0 saturated heterocycles. The van der Waals surface area contributed by atoms with Crippen LogP contribution in [0.4, 0.5) is 28.4 Å². The lowest BCUT2D eigenvalue weighted by molar-refractivity contribution is 0.332. The molecule has 0 fully saturated rings. The largest absolute Gasteiger partial charge is 0.456 e. The average Bonchev–Trinajstić information content (AvgIpc) is 1.72. The van der Waals surface area contributed by atoms with Crippen LogP contribution in [0.3, 0.4) is 0 Å². The number of nitrogens with one attached hydrogen (secondary N) is 1. The van der Waals surface area contributed by atoms with E-state index in [4.69, 9.17) is 4.42 Å². The summed E-state index contributed by atoms with van der Waals surface area (Å²) < 4.78 is 9.99. The summed E-state index contributed by atoms with van der Waals surface area (Å²) in [6.45, 7) is 48.6. The minimum atomic E-state index is 0.0182. The van der Waals surface area contributed by atoms with Crippen LogP contribution in [0.5, 0.6) is 0 Å². The van der Waals surface area contributed by atoms with E-state index in [1.807, 2.05) is 11.3 Å². The van der Waals surface area contributed by atoms with Crippen molar-refractivity contribution in [2.24, 2.45) is 0 Å². The average molecular weight is 1140 g/mol. The maximum absolute atomic E-state index is 7.31. The molecule has 9 aromatic rings. The second kappa shape index (κ2) is 18.3. The number of anilines is 5. The molecule has 5 heteroatoms. The highest BCUT2D eigenvalue weighted by Gasteiger charge is 2.44. The summed E-state index contributed by atoms with van der Waals surface area (Å²) in [4.78, 5) is 2.75. The molecule has 14 rings (SSSR count). The Labute approximate surface area is 514 Å². The summed E-state index contributed by atoms with van der Waals surface area (Å²) in [6, 6.07) is 37.4. The van der Waals surface area contributed by atoms with E-state index in [1.54, 1.807) is 0 Å². The van der Waals surface area contributed by atoms with Crippen molar-refractivity contribution in [3.63, 3.8) is 0 Å². The summed E-state index contributed by atoms with van der Waals surface area (Å²) in [6.07, 6.45) is 9.34. The van der Waals surface area contributed by atoms with Gasteiger partial charge in [-0.15, -0.1) is 11.3 Å². The Morgan fingerprint density at radius 3 is 1.47 bits per heavy atom. The van der Waals surface area contributed by atoms with Gasteiger partial charge in [0.15, 0.2) is 0 Å². The van der Waals surface area contributed by atoms with E-state index in [-0.39, 0.29) is 43.3 Å². The minimum absolute atomic E-state index is 0.0182. The SMILES string of the molecule is Cc1cc(C)c(-c2cc(-c3cc4oc5cc6c(cc5c4cc3Nc3ccc4c(c3)C(C)(C)CCC4(C)C)C(C)(C)CCC6(C)C)c3c(c2)N(c2cc4c(cc2C)C(C)(C)CCC4(C)C)c2c(sc4cc5c(cc24)C(C)(C)CCC5(C)C)[B]3)c(C)c1. The molecule has 0 atom stereocenters. The second-order valence-electron chi connectivity index (χ2n) is 32.9. The maximum atomic E-state index is 7.31. The highest BCUT2D eigenvalue weighted by Crippen LogP contribution is 2.56. The molecule has 437 valence electrons. The zero-order chi connectivity index (χ0) is 60.4. The van der Waals surface area contributed by atoms with Gasteiger partial charge < -0.3 is 14.6 Å². The van der Waals surface area contributed by atoms with Gasteiger partial charge in [0.25, 0.3) is 0 Å². The lowest BCUT2D eigenvalue weighted by Gasteiger charge is -2.44. The number of benzene rings is 7. The topological polar surface area (TPSA) is 28.4 Å². The molecule has 0 spiro atoms. The summed E-state index contributed by atoms with van der Waals surface area (Å²) in [5, 5.41) is 7.95. The van der Waals surface area contributed by atoms with Crippen LogP contribution in [0, 0.1) is 27.7 Å². The molecule has 2 aromatic heterocycles. The van der Waals surface area contributed by atoms with Gasteiger partial charge in [-0.05, 0) is 277 Å². The molecule has 85 heavy (non-hydrogen) atoms. The van der Waals surface area contributed by atoms with Crippen molar-refractivity contribution in [2.45, 2.75) is 233 Å². The minimum Gasteiger partial charge on any atom is -0.456 e. The number of hydrogen-bond donors (Lipinski definition) is 1. The van der Waals surface area contributed by atoms with Crippen molar-refractivity contribution in [1.82, 2.24) is 0 Å². The Hall–Kier alpha value is -6.04. The molecular formula is C80H92BN2OS. The molecule has 0 unspecified atom stereocenters. The zero-order valence-electron chi connectivity index (χ0n) is 55.2. The highest BCUT2D eigenvalue weighted by atomic mass is 32.1. The molecular weight excluding hydrogens is 1050 g/mol. The molecule has 3 nitrogen and oxygen atoms in total. The van der Waals surface area contributed by atoms with Crippen molar-refractivity contribution in [2.75, 3.05) is 10.2 Å². The predicted molar refractivity (Wildman–Crippen MR) is 369 cm³/mol. The first-order chi connectivity index (χ1) is 39.6. The Morgan fingerprint density at radius 1 is 0.424 bits per heavy atom. The van der Waals surface area contributed by atoms with E-state index in [1.165, 1.54) is 152 Å². The third kappa shape index (κ3) is 8.73. The summed E-state index contributed by atoms with van der Waals surface area (Å²) in [7, 11) is 2.59. The monoisotopic (exact) mass is 1140 g/mol. The predicted octanol–water partition coefficient (Wildman–Crippen LogP) is 21.9. The number of thiophene rings is 1. The van der Waals surface area contributed by atoms with Crippen LogP contribution in [0.1, 0.15) is 229 Å². The molecule has 0 amide bonds. The Morgan fingerprint density at radius 2 is 0.894 bits per heavy atom. The fourth-order valence-corrected chi connectivity index (χ4v) is 18.1. The van der Waals surface area contributed by atoms with Crippen molar-refractivity contribution in [3.8, 4) is 22.3 Å². The second-order valence-corrected chi connectivity index (χ2v) is 34.0. The first kappa shape index (κ1) is 56.8. The van der Waals surface area contributed by atoms with E-state index in [0.717, 1.165) is 59.2 Å². The lowest BCUT2D eigenvalue weighted by atomic mass is 9.60. The summed E-state index contributed by atoms with van der Waals surface area (Å²) in [5.41, 5.74) is 31.5. The first-order valence-corrected chi connectivity index (χ1v) is 33.1. The molecule has 4 aliphatic carbocycles. The standard InChI is InChI=1S/C80H92BN2OS/c1-44-31-46(3)69(47(4)32-44)48-34-53(50-40-66-52(51-37-58-61(42-67(51)84-66)79(17,18)29-26-76(58,11)12)39-63(50)82-49-21-22-55-57(36-49)75(9,10)24-23-73(55,5)6)70-65(35-48)83(64-41-60-56(33-45(64)2)74(7,8)25-28-78(60,15)16)71-54-38-59-62(43-68(54)85-72(71)81-70)80(19,20)30-27-77(59,13)14/h21-22,31-43,82H,23-30H2,1-20H3. The number of rotatable bonds is 5. The molecule has 0 bridgehead atoms. The van der Waals surface area contributed by atoms with E-state index in [9.17, 15) is 0 Å². The van der Waals surface area contributed by atoms with Gasteiger partial charge in [-0.1, -0.05) is 141 Å². The number of aryl methyl sites for hydroxylation is 4. The van der Waals surface area contributed by atoms with Crippen molar-refractivity contribution < 1.29 is 4.42 Å². The molecule has 1 aliphatic heterocycles. The van der Waals surface area contributed by atoms with Gasteiger partial charge in [0, 0.05) is 49.2 Å². The number of furan rings is 1. The first-order valence-electron chi connectivity index (χ1n) is 32.3. The smallest absolute Gasteiger partial charge is 0.211 e. The van der Waals surface area contributed by atoms with Crippen molar-refractivity contribution >= 4 is 89.3 Å². The molecule has 1 radical (unpaired) electrons. The van der Waals surface area contributed by atoms with Crippen LogP contribution in [0.15, 0.2) is 95.4 Å². The van der Waals surface area contributed by atoms with Crippen LogP contribution in [-0.4, -0.2) is 7.28 Å². The van der Waals surface area contributed by atoms with Crippen LogP contribution in [-0.2, 0) is 43.3 Å². The Kier molecular flexibility index (Phi) is 12.2. The summed E-state index contributed by atoms with van der Waals surface area (Å²) in [5.74, 6) is 0. The van der Waals surface area contributed by atoms with Gasteiger partial charge in [0.05, 0.1) is 5.69 Å². The summed E-state index contributed by atoms with van der Waals surface area (Å²) >= 11 is 1.99. The van der Waals surface area contributed by atoms with Gasteiger partial charge >= 0.3 is 0 Å². The number of nitrogens with zero attached hydrogens (tertiary/aromatic N) is 1.